The van der Waals surface area contributed by atoms with E-state index in [1.54, 1.807) is 24.3 Å². The van der Waals surface area contributed by atoms with Gasteiger partial charge in [-0.2, -0.15) is 4.31 Å². The van der Waals surface area contributed by atoms with Crippen LogP contribution in [0.5, 0.6) is 5.75 Å². The molecule has 302 valence electrons. The zero-order valence-electron chi connectivity index (χ0n) is 31.2. The van der Waals surface area contributed by atoms with Crippen molar-refractivity contribution in [2.24, 2.45) is 0 Å². The van der Waals surface area contributed by atoms with Gasteiger partial charge in [-0.15, -0.1) is 0 Å². The van der Waals surface area contributed by atoms with E-state index in [2.05, 4.69) is 0 Å². The van der Waals surface area contributed by atoms with E-state index >= 15 is 0 Å². The quantitative estimate of drug-likeness (QED) is 0.0509. The summed E-state index contributed by atoms with van der Waals surface area (Å²) in [4.78, 5) is 27.3. The van der Waals surface area contributed by atoms with Crippen LogP contribution in [0.1, 0.15) is 77.1 Å². The van der Waals surface area contributed by atoms with Crippen molar-refractivity contribution in [3.63, 3.8) is 0 Å². The monoisotopic (exact) mass is 818 g/mol. The molecule has 1 atom stereocenters. The molecule has 5 aromatic rings. The number of sulfonamides is 1. The number of carbonyl (C=O) groups excluding carboxylic acids is 2. The van der Waals surface area contributed by atoms with Gasteiger partial charge in [0, 0.05) is 18.3 Å². The standard InChI is InChI=1S/C44H39F5N2O6S/c45-37-38(46)40(48)42(41(49)39(37)47)58(54,55)51-23-22-35(51)43(52)50(25-28-16-18-32(19-17-28)31-14-8-3-9-15-31)33-20-21-34(44(53)57-27-30-12-6-2-7-13-30)36(24-33)56-26-29-10-4-1-5-11-29/h1-2,4-7,10-13,16-21,24,31,35H,3,8-9,14-15,22-23,25-27H2/t35-/m1/s1. The van der Waals surface area contributed by atoms with Crippen molar-refractivity contribution in [1.29, 1.82) is 0 Å². The average molecular weight is 819 g/mol. The van der Waals surface area contributed by atoms with Crippen LogP contribution < -0.4 is 9.64 Å². The summed E-state index contributed by atoms with van der Waals surface area (Å²) in [5.74, 6) is -13.5. The lowest BCUT2D eigenvalue weighted by Crippen LogP contribution is -2.59. The third-order valence-corrected chi connectivity index (χ3v) is 12.5. The lowest BCUT2D eigenvalue weighted by atomic mass is 9.84. The van der Waals surface area contributed by atoms with Crippen molar-refractivity contribution in [2.45, 2.75) is 75.1 Å². The summed E-state index contributed by atoms with van der Waals surface area (Å²) in [7, 11) is -5.42. The third kappa shape index (κ3) is 8.48. The number of esters is 1. The van der Waals surface area contributed by atoms with Gasteiger partial charge in [-0.05, 0) is 59.6 Å². The summed E-state index contributed by atoms with van der Waals surface area (Å²) in [6, 6.07) is 28.6. The number of ether oxygens (including phenoxy) is 2. The van der Waals surface area contributed by atoms with Gasteiger partial charge in [0.15, 0.2) is 28.2 Å². The maximum atomic E-state index is 14.8. The Morgan fingerprint density at radius 2 is 1.26 bits per heavy atom. The highest BCUT2D eigenvalue weighted by molar-refractivity contribution is 7.89. The average Bonchev–Trinajstić information content (AvgIpc) is 3.23. The first-order valence-electron chi connectivity index (χ1n) is 18.9. The highest BCUT2D eigenvalue weighted by Crippen LogP contribution is 2.37. The second-order valence-corrected chi connectivity index (χ2v) is 16.2. The van der Waals surface area contributed by atoms with Crippen molar-refractivity contribution in [3.05, 3.63) is 160 Å². The molecule has 8 nitrogen and oxygen atoms in total. The molecular weight excluding hydrogens is 780 g/mol. The molecule has 1 saturated carbocycles. The van der Waals surface area contributed by atoms with E-state index in [9.17, 15) is 40.0 Å². The zero-order chi connectivity index (χ0) is 41.0. The van der Waals surface area contributed by atoms with Gasteiger partial charge in [-0.1, -0.05) is 104 Å². The molecule has 0 aromatic heterocycles. The SMILES string of the molecule is O=C(OCc1ccccc1)c1ccc(N(Cc2ccc(C3CCCCC3)cc2)C(=O)[C@H]2CCN2S(=O)(=O)c2c(F)c(F)c(F)c(F)c2F)cc1OCc1ccccc1. The van der Waals surface area contributed by atoms with Crippen LogP contribution in [-0.4, -0.2) is 37.2 Å². The van der Waals surface area contributed by atoms with Gasteiger partial charge in [-0.25, -0.2) is 35.2 Å². The van der Waals surface area contributed by atoms with Crippen LogP contribution >= 0.6 is 0 Å². The Balaban J connectivity index is 1.24. The summed E-state index contributed by atoms with van der Waals surface area (Å²) < 4.78 is 111. The number of carbonyl (C=O) groups is 2. The van der Waals surface area contributed by atoms with Crippen molar-refractivity contribution in [2.75, 3.05) is 11.4 Å². The molecule has 5 aromatic carbocycles. The predicted octanol–water partition coefficient (Wildman–Crippen LogP) is 9.36. The van der Waals surface area contributed by atoms with Gasteiger partial charge in [0.25, 0.3) is 0 Å². The molecule has 0 unspecified atom stereocenters. The van der Waals surface area contributed by atoms with Gasteiger partial charge in [0.2, 0.25) is 21.7 Å². The van der Waals surface area contributed by atoms with E-state index in [-0.39, 0.29) is 43.2 Å². The molecule has 0 spiro atoms. The summed E-state index contributed by atoms with van der Waals surface area (Å²) in [6.45, 7) is -0.557. The third-order valence-electron chi connectivity index (χ3n) is 10.6. The number of benzene rings is 5. The zero-order valence-corrected chi connectivity index (χ0v) is 32.0. The van der Waals surface area contributed by atoms with Crippen LogP contribution in [-0.2, 0) is 39.3 Å². The summed E-state index contributed by atoms with van der Waals surface area (Å²) in [5, 5.41) is 0. The highest BCUT2D eigenvalue weighted by Gasteiger charge is 2.48. The number of rotatable bonds is 13. The first kappa shape index (κ1) is 40.6. The number of amides is 1. The molecule has 0 bridgehead atoms. The van der Waals surface area contributed by atoms with E-state index in [1.165, 1.54) is 29.5 Å². The molecule has 2 fully saturated rings. The fourth-order valence-electron chi connectivity index (χ4n) is 7.32. The topological polar surface area (TPSA) is 93.2 Å². The van der Waals surface area contributed by atoms with E-state index < -0.39 is 68.5 Å². The molecule has 14 heteroatoms. The fraction of sp³-hybridized carbons (Fsp3) is 0.273. The molecule has 2 aliphatic rings. The van der Waals surface area contributed by atoms with Crippen molar-refractivity contribution >= 4 is 27.6 Å². The number of anilines is 1. The number of hydrogen-bond acceptors (Lipinski definition) is 6. The number of nitrogens with zero attached hydrogens (tertiary/aromatic N) is 2. The molecule has 1 aliphatic heterocycles. The molecule has 1 saturated heterocycles. The van der Waals surface area contributed by atoms with Gasteiger partial charge < -0.3 is 14.4 Å². The minimum atomic E-state index is -5.42. The van der Waals surface area contributed by atoms with Crippen LogP contribution in [0, 0.1) is 29.1 Å². The molecule has 58 heavy (non-hydrogen) atoms. The molecule has 0 radical (unpaired) electrons. The number of hydrogen-bond donors (Lipinski definition) is 0. The van der Waals surface area contributed by atoms with Crippen LogP contribution in [0.25, 0.3) is 0 Å². The van der Waals surface area contributed by atoms with Crippen LogP contribution in [0.2, 0.25) is 0 Å². The minimum absolute atomic E-state index is 0.0242. The molecule has 1 aliphatic carbocycles. The Kier molecular flexibility index (Phi) is 12.2. The Morgan fingerprint density at radius 1 is 0.672 bits per heavy atom. The lowest BCUT2D eigenvalue weighted by molar-refractivity contribution is -0.125. The molecule has 1 amide bonds. The van der Waals surface area contributed by atoms with Gasteiger partial charge in [-0.3, -0.25) is 4.79 Å². The lowest BCUT2D eigenvalue weighted by Gasteiger charge is -2.41. The maximum Gasteiger partial charge on any atom is 0.342 e. The first-order chi connectivity index (χ1) is 27.9. The Morgan fingerprint density at radius 3 is 1.84 bits per heavy atom. The largest absolute Gasteiger partial charge is 0.488 e. The summed E-state index contributed by atoms with van der Waals surface area (Å²) in [5.41, 5.74) is 3.53. The fourth-order valence-corrected chi connectivity index (χ4v) is 9.06. The Hall–Kier alpha value is -5.60. The van der Waals surface area contributed by atoms with Crippen molar-refractivity contribution in [1.82, 2.24) is 4.31 Å². The van der Waals surface area contributed by atoms with E-state index in [0.717, 1.165) is 42.4 Å². The van der Waals surface area contributed by atoms with Crippen molar-refractivity contribution in [3.8, 4) is 5.75 Å². The van der Waals surface area contributed by atoms with Crippen LogP contribution in [0.15, 0.2) is 108 Å². The van der Waals surface area contributed by atoms with Crippen molar-refractivity contribution < 1.29 is 49.4 Å². The second kappa shape index (κ2) is 17.5. The smallest absolute Gasteiger partial charge is 0.342 e. The van der Waals surface area contributed by atoms with E-state index in [1.807, 2.05) is 60.7 Å². The van der Waals surface area contributed by atoms with Gasteiger partial charge in [0.05, 0.1) is 6.54 Å². The molecule has 7 rings (SSSR count). The molecular formula is C44H39F5N2O6S. The van der Waals surface area contributed by atoms with E-state index in [4.69, 9.17) is 9.47 Å². The first-order valence-corrected chi connectivity index (χ1v) is 20.3. The second-order valence-electron chi connectivity index (χ2n) is 14.3. The van der Waals surface area contributed by atoms with Crippen LogP contribution in [0.3, 0.4) is 0 Å². The van der Waals surface area contributed by atoms with E-state index in [0.29, 0.717) is 15.8 Å². The highest BCUT2D eigenvalue weighted by atomic mass is 32.2. The predicted molar refractivity (Wildman–Crippen MR) is 205 cm³/mol. The Bertz CT molecular complexity index is 2370. The minimum Gasteiger partial charge on any atom is -0.488 e. The normalized spacial score (nSPS) is 16.1. The van der Waals surface area contributed by atoms with Gasteiger partial charge in [0.1, 0.15) is 30.6 Å². The molecule has 0 N–H and O–H groups in total. The number of halogens is 5. The maximum absolute atomic E-state index is 14.8. The summed E-state index contributed by atoms with van der Waals surface area (Å²) in [6.07, 6.45) is 5.45. The Labute approximate surface area is 332 Å². The summed E-state index contributed by atoms with van der Waals surface area (Å²) >= 11 is 0. The molecule has 1 heterocycles. The van der Waals surface area contributed by atoms with Gasteiger partial charge >= 0.3 is 5.97 Å². The van der Waals surface area contributed by atoms with Crippen LogP contribution in [0.4, 0.5) is 27.6 Å².